The van der Waals surface area contributed by atoms with Gasteiger partial charge in [0.2, 0.25) is 0 Å². The van der Waals surface area contributed by atoms with Crippen molar-refractivity contribution in [2.45, 2.75) is 44.1 Å². The largest absolute Gasteiger partial charge is 0.389 e. The molecule has 0 saturated carbocycles. The topological polar surface area (TPSA) is 32.3 Å². The molecule has 0 aromatic heterocycles. The van der Waals surface area contributed by atoms with Gasteiger partial charge in [-0.15, -0.1) is 0 Å². The zero-order valence-electron chi connectivity index (χ0n) is 11.3. The molecule has 2 N–H and O–H groups in total. The third-order valence-electron chi connectivity index (χ3n) is 3.97. The SMILES string of the molecule is CCC(O)(CC)CNC1CSCc2ccccc21. The molecule has 2 nitrogen and oxygen atoms in total. The molecule has 1 aromatic carbocycles. The van der Waals surface area contributed by atoms with Crippen LogP contribution in [0.3, 0.4) is 0 Å². The number of benzene rings is 1. The third-order valence-corrected chi connectivity index (χ3v) is 5.05. The van der Waals surface area contributed by atoms with Gasteiger partial charge in [-0.05, 0) is 24.0 Å². The van der Waals surface area contributed by atoms with E-state index in [0.29, 0.717) is 12.6 Å². The zero-order valence-corrected chi connectivity index (χ0v) is 12.1. The molecule has 0 spiro atoms. The molecule has 0 radical (unpaired) electrons. The summed E-state index contributed by atoms with van der Waals surface area (Å²) in [7, 11) is 0. The van der Waals surface area contributed by atoms with E-state index in [1.54, 1.807) is 0 Å². The lowest BCUT2D eigenvalue weighted by Gasteiger charge is -2.31. The first-order valence-electron chi connectivity index (χ1n) is 6.80. The highest BCUT2D eigenvalue weighted by Crippen LogP contribution is 2.31. The number of rotatable bonds is 5. The van der Waals surface area contributed by atoms with Crippen LogP contribution in [0.25, 0.3) is 0 Å². The van der Waals surface area contributed by atoms with Crippen LogP contribution in [0.4, 0.5) is 0 Å². The Morgan fingerprint density at radius 2 is 2.06 bits per heavy atom. The maximum absolute atomic E-state index is 10.3. The molecule has 18 heavy (non-hydrogen) atoms. The van der Waals surface area contributed by atoms with Gasteiger partial charge in [-0.3, -0.25) is 0 Å². The van der Waals surface area contributed by atoms with Gasteiger partial charge < -0.3 is 10.4 Å². The molecule has 1 heterocycles. The van der Waals surface area contributed by atoms with Crippen molar-refractivity contribution in [3.8, 4) is 0 Å². The van der Waals surface area contributed by atoms with Crippen molar-refractivity contribution in [3.05, 3.63) is 35.4 Å². The maximum Gasteiger partial charge on any atom is 0.0766 e. The molecule has 1 aliphatic rings. The van der Waals surface area contributed by atoms with Gasteiger partial charge in [-0.25, -0.2) is 0 Å². The van der Waals surface area contributed by atoms with Gasteiger partial charge in [0.15, 0.2) is 0 Å². The summed E-state index contributed by atoms with van der Waals surface area (Å²) in [5.74, 6) is 2.21. The molecule has 2 rings (SSSR count). The first kappa shape index (κ1) is 13.9. The fourth-order valence-corrected chi connectivity index (χ4v) is 3.50. The van der Waals surface area contributed by atoms with E-state index in [9.17, 15) is 5.11 Å². The van der Waals surface area contributed by atoms with E-state index >= 15 is 0 Å². The molecule has 1 unspecified atom stereocenters. The average molecular weight is 265 g/mol. The highest BCUT2D eigenvalue weighted by atomic mass is 32.2. The second-order valence-electron chi connectivity index (χ2n) is 5.08. The summed E-state index contributed by atoms with van der Waals surface area (Å²) in [6, 6.07) is 9.02. The Hall–Kier alpha value is -0.510. The quantitative estimate of drug-likeness (QED) is 0.858. The second kappa shape index (κ2) is 6.09. The lowest BCUT2D eigenvalue weighted by Crippen LogP contribution is -2.42. The van der Waals surface area contributed by atoms with Crippen LogP contribution in [0.2, 0.25) is 0 Å². The van der Waals surface area contributed by atoms with Crippen molar-refractivity contribution >= 4 is 11.8 Å². The van der Waals surface area contributed by atoms with E-state index < -0.39 is 5.60 Å². The Labute approximate surface area is 114 Å². The summed E-state index contributed by atoms with van der Waals surface area (Å²) >= 11 is 1.97. The first-order chi connectivity index (χ1) is 8.68. The number of fused-ring (bicyclic) bond motifs is 1. The predicted molar refractivity (Wildman–Crippen MR) is 78.9 cm³/mol. The lowest BCUT2D eigenvalue weighted by molar-refractivity contribution is 0.0304. The summed E-state index contributed by atoms with van der Waals surface area (Å²) in [4.78, 5) is 0. The number of hydrogen-bond acceptors (Lipinski definition) is 3. The number of nitrogens with one attached hydrogen (secondary N) is 1. The zero-order chi connectivity index (χ0) is 13.0. The van der Waals surface area contributed by atoms with Crippen LogP contribution < -0.4 is 5.32 Å². The van der Waals surface area contributed by atoms with Crippen LogP contribution in [-0.2, 0) is 5.75 Å². The number of hydrogen-bond donors (Lipinski definition) is 2. The maximum atomic E-state index is 10.3. The number of thioether (sulfide) groups is 1. The van der Waals surface area contributed by atoms with Gasteiger partial charge in [0.05, 0.1) is 5.60 Å². The van der Waals surface area contributed by atoms with Crippen molar-refractivity contribution in [1.29, 1.82) is 0 Å². The smallest absolute Gasteiger partial charge is 0.0766 e. The molecule has 3 heteroatoms. The van der Waals surface area contributed by atoms with Crippen molar-refractivity contribution in [2.75, 3.05) is 12.3 Å². The minimum Gasteiger partial charge on any atom is -0.389 e. The van der Waals surface area contributed by atoms with Crippen LogP contribution in [0.1, 0.15) is 43.9 Å². The molecule has 0 bridgehead atoms. The van der Waals surface area contributed by atoms with E-state index in [4.69, 9.17) is 0 Å². The van der Waals surface area contributed by atoms with Crippen LogP contribution in [0.15, 0.2) is 24.3 Å². The summed E-state index contributed by atoms with van der Waals surface area (Å²) < 4.78 is 0. The Kier molecular flexibility index (Phi) is 4.71. The molecule has 0 saturated heterocycles. The highest BCUT2D eigenvalue weighted by Gasteiger charge is 2.26. The Balaban J connectivity index is 2.03. The Morgan fingerprint density at radius 1 is 1.33 bits per heavy atom. The van der Waals surface area contributed by atoms with Crippen LogP contribution in [-0.4, -0.2) is 23.0 Å². The normalized spacial score (nSPS) is 19.6. The lowest BCUT2D eigenvalue weighted by atomic mass is 9.96. The molecule has 0 amide bonds. The van der Waals surface area contributed by atoms with Gasteiger partial charge in [-0.1, -0.05) is 38.1 Å². The van der Waals surface area contributed by atoms with E-state index in [1.807, 2.05) is 11.8 Å². The predicted octanol–water partition coefficient (Wildman–Crippen LogP) is 3.12. The van der Waals surface area contributed by atoms with Crippen LogP contribution in [0.5, 0.6) is 0 Å². The Bertz CT molecular complexity index is 390. The van der Waals surface area contributed by atoms with Crippen molar-refractivity contribution in [3.63, 3.8) is 0 Å². The van der Waals surface area contributed by atoms with Crippen LogP contribution in [0, 0.1) is 0 Å². The van der Waals surface area contributed by atoms with E-state index in [2.05, 4.69) is 43.4 Å². The molecule has 1 atom stereocenters. The summed E-state index contributed by atoms with van der Waals surface area (Å²) in [5.41, 5.74) is 2.28. The fraction of sp³-hybridized carbons (Fsp3) is 0.600. The van der Waals surface area contributed by atoms with E-state index in [1.165, 1.54) is 11.1 Å². The molecule has 100 valence electrons. The second-order valence-corrected chi connectivity index (χ2v) is 6.11. The van der Waals surface area contributed by atoms with Gasteiger partial charge in [0.25, 0.3) is 0 Å². The fourth-order valence-electron chi connectivity index (χ4n) is 2.36. The molecular weight excluding hydrogens is 242 g/mol. The van der Waals surface area contributed by atoms with Gasteiger partial charge in [0, 0.05) is 24.1 Å². The molecular formula is C15H23NOS. The van der Waals surface area contributed by atoms with Gasteiger partial charge >= 0.3 is 0 Å². The highest BCUT2D eigenvalue weighted by molar-refractivity contribution is 7.98. The van der Waals surface area contributed by atoms with Crippen molar-refractivity contribution < 1.29 is 5.11 Å². The first-order valence-corrected chi connectivity index (χ1v) is 7.95. The van der Waals surface area contributed by atoms with Crippen LogP contribution >= 0.6 is 11.8 Å². The minimum absolute atomic E-state index is 0.379. The summed E-state index contributed by atoms with van der Waals surface area (Å²) in [6.45, 7) is 4.78. The number of aliphatic hydroxyl groups is 1. The third kappa shape index (κ3) is 3.08. The molecule has 0 aliphatic carbocycles. The Morgan fingerprint density at radius 3 is 2.78 bits per heavy atom. The van der Waals surface area contributed by atoms with E-state index in [-0.39, 0.29) is 0 Å². The minimum atomic E-state index is -0.558. The molecule has 1 aromatic rings. The standard InChI is InChI=1S/C15H23NOS/c1-3-15(17,4-2)11-16-14-10-18-9-12-7-5-6-8-13(12)14/h5-8,14,16-17H,3-4,9-11H2,1-2H3. The monoisotopic (exact) mass is 265 g/mol. The molecule has 1 aliphatic heterocycles. The summed E-state index contributed by atoms with van der Waals surface area (Å²) in [6.07, 6.45) is 1.61. The summed E-state index contributed by atoms with van der Waals surface area (Å²) in [5, 5.41) is 13.9. The molecule has 0 fully saturated rings. The van der Waals surface area contributed by atoms with Gasteiger partial charge in [0.1, 0.15) is 0 Å². The van der Waals surface area contributed by atoms with Crippen molar-refractivity contribution in [2.24, 2.45) is 0 Å². The van der Waals surface area contributed by atoms with Gasteiger partial charge in [-0.2, -0.15) is 11.8 Å². The average Bonchev–Trinajstić information content (AvgIpc) is 2.44. The van der Waals surface area contributed by atoms with Crippen molar-refractivity contribution in [1.82, 2.24) is 5.32 Å². The van der Waals surface area contributed by atoms with E-state index in [0.717, 1.165) is 24.3 Å².